The number of nitrogens with zero attached hydrogens (tertiary/aromatic N) is 13. The Kier molecular flexibility index (Phi) is 50.3. The third-order valence-electron chi connectivity index (χ3n) is 19.5. The van der Waals surface area contributed by atoms with Crippen LogP contribution >= 0.6 is 214 Å². The molecule has 5 aromatic heterocycles. The number of sulfonamides is 1. The number of fused-ring (bicyclic) bond motifs is 5. The summed E-state index contributed by atoms with van der Waals surface area (Å²) in [5.74, 6) is 6.71. The van der Waals surface area contributed by atoms with Gasteiger partial charge in [0.25, 0.3) is 0 Å². The molecule has 10 aromatic carbocycles. The Morgan fingerprint density at radius 2 is 0.862 bits per heavy atom. The standard InChI is InChI=1S/C22H15Cl3N4O2.C18H14Cl2N2O2.C17H14Cl2N2O2.C17H12Cl2N2O2.C10H10O.C9H6BrCl2NO.C5H4Cl2N2.CH5NO2S.CH4.BBr3/c1-26-19-12-16(11-18(24)21(19)30-9-6-23)29-8-5-14-10-17(2-3-20(14)29)31-13-15-4-7-27-22(25)28-15;1-23-15-2-3-17-12(9-15)4-6-22(17)14-8-13(11-21)18(16(20)10-14)24-7-5-19;2*18-4-6-23-17-12(10-20)7-13(9-15(17)19)21-5-3-11-8-14(22)1-2-16(11)21;1-11-10-6-5-8-3-2-4-9(8)7-10;10-7-3-6(5-13)9(8(12)4-7)14-2-1-11;6-3-4-1-2-8-5(7)9-4;1-5(2,3)4;;2-1(3)4/h2-5,7-8,10-12H,6,9,13H2;2-4,6,8-10H,5,7H2,1H3;1-2,7-9,22H,3-6H2;1-3,5,7-9,22H,4,6H2;2,4-7H,3H2,1H3;3-4H,1-2H2;1-2H,3H2;1H3,(H2,2,3,4);1H4;. The van der Waals surface area contributed by atoms with Crippen molar-refractivity contribution in [2.75, 3.05) is 94.4 Å². The van der Waals surface area contributed by atoms with Crippen molar-refractivity contribution in [1.82, 2.24) is 33.6 Å². The smallest absolute Gasteiger partial charge is 0.369 e. The number of anilines is 2. The highest BCUT2D eigenvalue weighted by molar-refractivity contribution is 9.69. The van der Waals surface area contributed by atoms with Crippen LogP contribution in [0.1, 0.15) is 57.8 Å². The summed E-state index contributed by atoms with van der Waals surface area (Å²) in [6.45, 7) is 9.99. The number of ether oxygens (including phenoxy) is 8. The van der Waals surface area contributed by atoms with E-state index in [1.807, 2.05) is 111 Å². The van der Waals surface area contributed by atoms with Crippen LogP contribution in [-0.4, -0.2) is 145 Å². The fourth-order valence-electron chi connectivity index (χ4n) is 13.6. The number of alkyl halides is 6. The largest absolute Gasteiger partial charge is 0.508 e. The van der Waals surface area contributed by atoms with Crippen molar-refractivity contribution < 1.29 is 56.5 Å². The first-order chi connectivity index (χ1) is 69.2. The van der Waals surface area contributed by atoms with E-state index >= 15 is 0 Å². The maximum absolute atomic E-state index is 9.59. The molecule has 15 aromatic rings. The molecule has 0 amide bonds. The van der Waals surface area contributed by atoms with Crippen LogP contribution < -0.4 is 47.9 Å². The van der Waals surface area contributed by atoms with Crippen LogP contribution in [0.15, 0.2) is 224 Å². The van der Waals surface area contributed by atoms with Gasteiger partial charge in [-0.3, -0.25) is 0 Å². The van der Waals surface area contributed by atoms with Gasteiger partial charge in [-0.25, -0.2) is 38.3 Å². The molecule has 0 radical (unpaired) electrons. The molecule has 1 aliphatic carbocycles. The van der Waals surface area contributed by atoms with Crippen molar-refractivity contribution in [2.24, 2.45) is 5.14 Å². The molecule has 0 spiro atoms. The molecule has 2 aliphatic rings. The lowest BCUT2D eigenvalue weighted by Crippen LogP contribution is -2.13. The summed E-state index contributed by atoms with van der Waals surface area (Å²) in [5.41, 5.74) is 14.0. The minimum atomic E-state index is -3.17. The summed E-state index contributed by atoms with van der Waals surface area (Å²) in [6.07, 6.45) is 16.0. The molecule has 0 unspecified atom stereocenters. The molecule has 0 fully saturated rings. The number of methoxy groups -OCH3 is 2. The van der Waals surface area contributed by atoms with Gasteiger partial charge in [-0.05, 0) is 229 Å². The second kappa shape index (κ2) is 60.8. The third-order valence-corrected chi connectivity index (χ3v) is 22.8. The summed E-state index contributed by atoms with van der Waals surface area (Å²) < 4.78 is 69.0. The molecule has 45 heteroatoms. The summed E-state index contributed by atoms with van der Waals surface area (Å²) in [6, 6.07) is 63.1. The average Bonchev–Trinajstić information content (AvgIpc) is 1.67. The number of aromatic nitrogens is 7. The van der Waals surface area contributed by atoms with Crippen LogP contribution in [0, 0.1) is 51.9 Å². The molecular formula is C100H84BBr4Cl13N14O12S. The number of hydrogen-bond acceptors (Lipinski definition) is 21. The van der Waals surface area contributed by atoms with Crippen LogP contribution in [0.4, 0.5) is 17.1 Å². The van der Waals surface area contributed by atoms with Crippen molar-refractivity contribution in [3.63, 3.8) is 0 Å². The molecular weight excluding hydrogens is 2410 g/mol. The molecule has 0 saturated heterocycles. The maximum atomic E-state index is 9.59. The van der Waals surface area contributed by atoms with Gasteiger partial charge >= 0.3 is 3.18 Å². The minimum Gasteiger partial charge on any atom is -0.508 e. The van der Waals surface area contributed by atoms with E-state index in [0.29, 0.717) is 148 Å². The number of benzene rings is 10. The van der Waals surface area contributed by atoms with Gasteiger partial charge in [0.1, 0.15) is 91.8 Å². The first-order valence-corrected chi connectivity index (χ1v) is 53.3. The number of primary sulfonamides is 1. The Morgan fingerprint density at radius 1 is 0.476 bits per heavy atom. The van der Waals surface area contributed by atoms with Gasteiger partial charge < -0.3 is 66.7 Å². The highest BCUT2D eigenvalue weighted by Gasteiger charge is 2.25. The van der Waals surface area contributed by atoms with Crippen LogP contribution in [0.5, 0.6) is 57.5 Å². The minimum absolute atomic E-state index is 0. The van der Waals surface area contributed by atoms with Gasteiger partial charge in [0.15, 0.2) is 23.0 Å². The van der Waals surface area contributed by atoms with Gasteiger partial charge in [-0.2, -0.15) is 21.0 Å². The predicted molar refractivity (Wildman–Crippen MR) is 601 cm³/mol. The average molecular weight is 2500 g/mol. The number of phenolic OH excluding ortho intramolecular Hbond substituents is 2. The van der Waals surface area contributed by atoms with E-state index in [4.69, 9.17) is 201 Å². The van der Waals surface area contributed by atoms with Crippen molar-refractivity contribution in [2.45, 2.75) is 32.8 Å². The van der Waals surface area contributed by atoms with Crippen molar-refractivity contribution in [3.8, 4) is 98.8 Å². The lowest BCUT2D eigenvalue weighted by Gasteiger charge is -2.21. The Hall–Kier alpha value is -10.4. The fourth-order valence-corrected chi connectivity index (χ4v) is 16.4. The number of allylic oxidation sites excluding steroid dienone is 1. The van der Waals surface area contributed by atoms with Crippen molar-refractivity contribution in [1.29, 1.82) is 21.0 Å². The van der Waals surface area contributed by atoms with Crippen LogP contribution in [0.25, 0.3) is 60.7 Å². The van der Waals surface area contributed by atoms with Gasteiger partial charge in [-0.15, -0.1) is 117 Å². The van der Waals surface area contributed by atoms with E-state index in [1.165, 1.54) is 11.1 Å². The summed E-state index contributed by atoms with van der Waals surface area (Å²) in [4.78, 5) is 21.1. The zero-order valence-electron chi connectivity index (χ0n) is 75.7. The number of rotatable bonds is 25. The Labute approximate surface area is 936 Å². The van der Waals surface area contributed by atoms with Crippen LogP contribution in [-0.2, 0) is 35.4 Å². The quantitative estimate of drug-likeness (QED) is 0.0207. The van der Waals surface area contributed by atoms with E-state index in [-0.39, 0.29) is 52.5 Å². The number of phenols is 2. The van der Waals surface area contributed by atoms with Gasteiger partial charge in [0.05, 0.1) is 144 Å². The van der Waals surface area contributed by atoms with Gasteiger partial charge in [-0.1, -0.05) is 99.6 Å². The van der Waals surface area contributed by atoms with E-state index in [0.717, 1.165) is 114 Å². The van der Waals surface area contributed by atoms with Crippen molar-refractivity contribution >= 4 is 283 Å². The third kappa shape index (κ3) is 36.0. The second-order valence-corrected chi connectivity index (χ2v) is 43.0. The highest BCUT2D eigenvalue weighted by Crippen LogP contribution is 2.44. The first kappa shape index (κ1) is 120. The second-order valence-electron chi connectivity index (χ2n) is 29.2. The Balaban J connectivity index is 0.000000209. The zero-order chi connectivity index (χ0) is 105. The lowest BCUT2D eigenvalue weighted by atomic mass is 10.1. The molecule has 145 heavy (non-hydrogen) atoms. The number of aromatic hydroxyl groups is 2. The Bertz CT molecular complexity index is 7350. The summed E-state index contributed by atoms with van der Waals surface area (Å²) in [7, 11) is 0.164. The van der Waals surface area contributed by atoms with E-state index in [2.05, 4.69) is 141 Å². The molecule has 0 atom stereocenters. The normalized spacial score (nSPS) is 10.9. The van der Waals surface area contributed by atoms with Crippen molar-refractivity contribution in [3.05, 3.63) is 321 Å². The first-order valence-electron chi connectivity index (χ1n) is 42.0. The zero-order valence-corrected chi connectivity index (χ0v) is 92.7. The monoisotopic (exact) mass is 2490 g/mol. The van der Waals surface area contributed by atoms with E-state index in [1.54, 1.807) is 124 Å². The van der Waals surface area contributed by atoms with Gasteiger partial charge in [0, 0.05) is 86.6 Å². The number of nitriles is 4. The molecule has 0 saturated carbocycles. The van der Waals surface area contributed by atoms with Gasteiger partial charge in [0.2, 0.25) is 26.3 Å². The molecule has 17 rings (SSSR count). The van der Waals surface area contributed by atoms with Crippen LogP contribution in [0.3, 0.4) is 0 Å². The molecule has 4 N–H and O–H groups in total. The van der Waals surface area contributed by atoms with E-state index in [9.17, 15) is 34.4 Å². The fraction of sp³-hybridized carbons (Fsp3) is 0.190. The van der Waals surface area contributed by atoms with Crippen LogP contribution in [0.2, 0.25) is 35.7 Å². The maximum Gasteiger partial charge on any atom is 0.369 e. The number of nitrogens with two attached hydrogens (primary N) is 1. The van der Waals surface area contributed by atoms with E-state index < -0.39 is 10.0 Å². The molecule has 26 nitrogen and oxygen atoms in total. The molecule has 1 aliphatic heterocycles. The molecule has 754 valence electrons. The lowest BCUT2D eigenvalue weighted by molar-refractivity contribution is 0.301. The predicted octanol–water partition coefficient (Wildman–Crippen LogP) is 29.4. The number of halogens is 17. The topological polar surface area (TPSA) is 344 Å². The summed E-state index contributed by atoms with van der Waals surface area (Å²) in [5, 5.41) is 65.6. The number of hydrogen-bond donors (Lipinski definition) is 3. The summed E-state index contributed by atoms with van der Waals surface area (Å²) >= 11 is 88.4. The SMILES string of the molecule is BrB(Br)Br.C.COc1ccc2c(c1)C=CC2.COc1ccc2c(ccn2-c2cc(Cl)c(OCCCl)c(C#N)c2)c1.CS(N)(=O)=O.ClCc1ccnc(Cl)n1.N#Cc1cc(-n2ccc3cc(O)ccc32)cc(Cl)c1OCCCl.N#Cc1cc(Br)cc(Cl)c1OCCCl.N#Cc1cc(N2CCc3cc(O)ccc32)cc(Cl)c1OCCCl.[C-]#[N+]c1cc(-n2ccc3cc(OCc4ccnc(Cl)n4)ccc32)cc(Cl)c1OCCCl. The molecule has 0 bridgehead atoms. The Morgan fingerprint density at radius 3 is 1.32 bits per heavy atom. The molecule has 6 heterocycles. The highest BCUT2D eigenvalue weighted by atomic mass is 79.9.